The summed E-state index contributed by atoms with van der Waals surface area (Å²) < 4.78 is 0. The van der Waals surface area contributed by atoms with Crippen LogP contribution in [0.15, 0.2) is 11.4 Å². The lowest BCUT2D eigenvalue weighted by molar-refractivity contribution is -0.156. The normalized spacial score (nSPS) is 22.3. The van der Waals surface area contributed by atoms with E-state index in [2.05, 4.69) is 5.32 Å². The summed E-state index contributed by atoms with van der Waals surface area (Å²) in [6.45, 7) is 10.0. The maximum absolute atomic E-state index is 12.7. The molecule has 0 saturated carbocycles. The predicted molar refractivity (Wildman–Crippen MR) is 80.5 cm³/mol. The van der Waals surface area contributed by atoms with E-state index in [0.717, 1.165) is 4.88 Å². The molecule has 1 saturated heterocycles. The van der Waals surface area contributed by atoms with Crippen LogP contribution in [0.25, 0.3) is 0 Å². The summed E-state index contributed by atoms with van der Waals surface area (Å²) in [5.41, 5.74) is 0.349. The molecule has 1 aromatic rings. The Labute approximate surface area is 124 Å². The first-order chi connectivity index (χ1) is 9.24. The Bertz CT molecular complexity index is 534. The second-order valence-electron chi connectivity index (χ2n) is 6.26. The number of hydrogen-bond donors (Lipinski definition) is 1. The van der Waals surface area contributed by atoms with Gasteiger partial charge in [-0.1, -0.05) is 13.8 Å². The lowest BCUT2D eigenvalue weighted by Gasteiger charge is -2.44. The van der Waals surface area contributed by atoms with Crippen molar-refractivity contribution >= 4 is 23.2 Å². The quantitative estimate of drug-likeness (QED) is 0.930. The molecule has 1 aliphatic rings. The molecule has 1 atom stereocenters. The van der Waals surface area contributed by atoms with Gasteiger partial charge >= 0.3 is 0 Å². The highest BCUT2D eigenvalue weighted by Gasteiger charge is 2.46. The van der Waals surface area contributed by atoms with Gasteiger partial charge in [0.2, 0.25) is 11.8 Å². The standard InChI is InChI=1S/C15H22N2O2S/c1-9(2)12-13(18)16-15(4,5)14(19)17(12)8-11-10(3)6-7-20-11/h6-7,9,12H,8H2,1-5H3,(H,16,18). The monoisotopic (exact) mass is 294 g/mol. The van der Waals surface area contributed by atoms with E-state index in [4.69, 9.17) is 0 Å². The second-order valence-corrected chi connectivity index (χ2v) is 7.26. The fourth-order valence-corrected chi connectivity index (χ4v) is 3.52. The van der Waals surface area contributed by atoms with Crippen molar-refractivity contribution in [2.24, 2.45) is 5.92 Å². The smallest absolute Gasteiger partial charge is 0.248 e. The average molecular weight is 294 g/mol. The minimum Gasteiger partial charge on any atom is -0.340 e. The number of amides is 2. The molecule has 2 amide bonds. The van der Waals surface area contributed by atoms with Crippen molar-refractivity contribution in [3.63, 3.8) is 0 Å². The zero-order valence-corrected chi connectivity index (χ0v) is 13.5. The average Bonchev–Trinajstić information content (AvgIpc) is 2.70. The van der Waals surface area contributed by atoms with E-state index in [1.807, 2.05) is 32.2 Å². The van der Waals surface area contributed by atoms with Crippen LogP contribution in [0, 0.1) is 12.8 Å². The summed E-state index contributed by atoms with van der Waals surface area (Å²) in [6, 6.07) is 1.65. The molecule has 110 valence electrons. The van der Waals surface area contributed by atoms with Crippen molar-refractivity contribution in [2.75, 3.05) is 0 Å². The van der Waals surface area contributed by atoms with Crippen molar-refractivity contribution in [2.45, 2.75) is 52.7 Å². The Balaban J connectivity index is 2.35. The molecule has 1 N–H and O–H groups in total. The van der Waals surface area contributed by atoms with Gasteiger partial charge in [0.05, 0.1) is 6.54 Å². The topological polar surface area (TPSA) is 49.4 Å². The Morgan fingerprint density at radius 1 is 1.40 bits per heavy atom. The van der Waals surface area contributed by atoms with Gasteiger partial charge in [-0.15, -0.1) is 11.3 Å². The highest BCUT2D eigenvalue weighted by Crippen LogP contribution is 2.27. The molecule has 0 bridgehead atoms. The van der Waals surface area contributed by atoms with E-state index in [0.29, 0.717) is 6.54 Å². The van der Waals surface area contributed by atoms with Crippen molar-refractivity contribution in [3.05, 3.63) is 21.9 Å². The number of aryl methyl sites for hydroxylation is 1. The van der Waals surface area contributed by atoms with Crippen molar-refractivity contribution in [1.82, 2.24) is 10.2 Å². The first-order valence-electron chi connectivity index (χ1n) is 6.90. The number of hydrogen-bond acceptors (Lipinski definition) is 3. The lowest BCUT2D eigenvalue weighted by Crippen LogP contribution is -2.68. The molecule has 0 spiro atoms. The zero-order valence-electron chi connectivity index (χ0n) is 12.7. The molecule has 4 nitrogen and oxygen atoms in total. The molecule has 2 heterocycles. The Hall–Kier alpha value is -1.36. The van der Waals surface area contributed by atoms with Crippen LogP contribution in [-0.2, 0) is 16.1 Å². The number of nitrogens with one attached hydrogen (secondary N) is 1. The molecular formula is C15H22N2O2S. The summed E-state index contributed by atoms with van der Waals surface area (Å²) in [5, 5.41) is 4.86. The molecule has 0 radical (unpaired) electrons. The van der Waals surface area contributed by atoms with Gasteiger partial charge in [0.1, 0.15) is 11.6 Å². The van der Waals surface area contributed by atoms with Crippen LogP contribution in [-0.4, -0.2) is 28.3 Å². The van der Waals surface area contributed by atoms with Crippen LogP contribution in [0.5, 0.6) is 0 Å². The van der Waals surface area contributed by atoms with Crippen LogP contribution in [0.2, 0.25) is 0 Å². The third-order valence-electron chi connectivity index (χ3n) is 3.75. The fourth-order valence-electron chi connectivity index (χ4n) is 2.62. The Morgan fingerprint density at radius 3 is 2.55 bits per heavy atom. The zero-order chi connectivity index (χ0) is 15.1. The molecular weight excluding hydrogens is 272 g/mol. The van der Waals surface area contributed by atoms with Gasteiger partial charge < -0.3 is 10.2 Å². The maximum atomic E-state index is 12.7. The largest absolute Gasteiger partial charge is 0.340 e. The number of carbonyl (C=O) groups is 2. The molecule has 1 aromatic heterocycles. The van der Waals surface area contributed by atoms with Crippen LogP contribution in [0.3, 0.4) is 0 Å². The molecule has 1 aliphatic heterocycles. The SMILES string of the molecule is Cc1ccsc1CN1C(=O)C(C)(C)NC(=O)C1C(C)C. The third-order valence-corrected chi connectivity index (χ3v) is 4.76. The minimum atomic E-state index is -0.826. The number of carbonyl (C=O) groups excluding carboxylic acids is 2. The summed E-state index contributed by atoms with van der Waals surface area (Å²) in [5.74, 6) is 0.0257. The van der Waals surface area contributed by atoms with E-state index < -0.39 is 11.6 Å². The number of rotatable bonds is 3. The van der Waals surface area contributed by atoms with E-state index in [9.17, 15) is 9.59 Å². The van der Waals surface area contributed by atoms with E-state index in [1.54, 1.807) is 30.1 Å². The number of nitrogens with zero attached hydrogens (tertiary/aromatic N) is 1. The van der Waals surface area contributed by atoms with Gasteiger partial charge in [0.25, 0.3) is 0 Å². The highest BCUT2D eigenvalue weighted by atomic mass is 32.1. The predicted octanol–water partition coefficient (Wildman–Crippen LogP) is 2.32. The van der Waals surface area contributed by atoms with Crippen molar-refractivity contribution in [3.8, 4) is 0 Å². The lowest BCUT2D eigenvalue weighted by atomic mass is 9.91. The van der Waals surface area contributed by atoms with Gasteiger partial charge in [-0.3, -0.25) is 9.59 Å². The molecule has 5 heteroatoms. The van der Waals surface area contributed by atoms with Crippen LogP contribution in [0.4, 0.5) is 0 Å². The molecule has 20 heavy (non-hydrogen) atoms. The van der Waals surface area contributed by atoms with Crippen LogP contribution < -0.4 is 5.32 Å². The molecule has 2 rings (SSSR count). The van der Waals surface area contributed by atoms with Gasteiger partial charge in [0.15, 0.2) is 0 Å². The Morgan fingerprint density at radius 2 is 2.05 bits per heavy atom. The molecule has 1 unspecified atom stereocenters. The summed E-state index contributed by atoms with van der Waals surface area (Å²) in [6.07, 6.45) is 0. The number of piperazine rings is 1. The molecule has 1 fully saturated rings. The van der Waals surface area contributed by atoms with E-state index >= 15 is 0 Å². The fraction of sp³-hybridized carbons (Fsp3) is 0.600. The third kappa shape index (κ3) is 2.59. The van der Waals surface area contributed by atoms with E-state index in [-0.39, 0.29) is 17.7 Å². The number of thiophene rings is 1. The maximum Gasteiger partial charge on any atom is 0.248 e. The van der Waals surface area contributed by atoms with Gasteiger partial charge in [-0.05, 0) is 43.7 Å². The van der Waals surface area contributed by atoms with Crippen molar-refractivity contribution < 1.29 is 9.59 Å². The first-order valence-corrected chi connectivity index (χ1v) is 7.78. The van der Waals surface area contributed by atoms with Crippen LogP contribution in [0.1, 0.15) is 38.1 Å². The van der Waals surface area contributed by atoms with Gasteiger partial charge in [0, 0.05) is 4.88 Å². The van der Waals surface area contributed by atoms with Crippen LogP contribution >= 0.6 is 11.3 Å². The summed E-state index contributed by atoms with van der Waals surface area (Å²) >= 11 is 1.63. The van der Waals surface area contributed by atoms with Crippen molar-refractivity contribution in [1.29, 1.82) is 0 Å². The highest BCUT2D eigenvalue weighted by molar-refractivity contribution is 7.10. The molecule has 0 aliphatic carbocycles. The summed E-state index contributed by atoms with van der Waals surface area (Å²) in [4.78, 5) is 27.9. The summed E-state index contributed by atoms with van der Waals surface area (Å²) in [7, 11) is 0. The molecule has 0 aromatic carbocycles. The van der Waals surface area contributed by atoms with Gasteiger partial charge in [-0.25, -0.2) is 0 Å². The first kappa shape index (κ1) is 15.0. The Kier molecular flexibility index (Phi) is 3.91. The second kappa shape index (κ2) is 5.20. The minimum absolute atomic E-state index is 0.0106. The van der Waals surface area contributed by atoms with E-state index in [1.165, 1.54) is 5.56 Å². The van der Waals surface area contributed by atoms with Gasteiger partial charge in [-0.2, -0.15) is 0 Å².